The molecular weight excluding hydrogens is 358 g/mol. The zero-order valence-corrected chi connectivity index (χ0v) is 16.9. The van der Waals surface area contributed by atoms with Crippen LogP contribution in [0.3, 0.4) is 0 Å². The van der Waals surface area contributed by atoms with E-state index in [1.165, 1.54) is 0 Å². The first kappa shape index (κ1) is 20.6. The van der Waals surface area contributed by atoms with E-state index in [-0.39, 0.29) is 22.8 Å². The lowest BCUT2D eigenvalue weighted by molar-refractivity contribution is -0.120. The molecule has 0 aliphatic carbocycles. The highest BCUT2D eigenvalue weighted by molar-refractivity contribution is 7.80. The maximum absolute atomic E-state index is 12.7. The first-order valence-corrected chi connectivity index (χ1v) is 9.25. The third-order valence-corrected chi connectivity index (χ3v) is 4.24. The number of amides is 2. The minimum atomic E-state index is -0.252. The summed E-state index contributed by atoms with van der Waals surface area (Å²) in [5, 5.41) is 8.65. The second-order valence-electron chi connectivity index (χ2n) is 6.90. The number of nitrogens with one attached hydrogen (secondary N) is 3. The van der Waals surface area contributed by atoms with Crippen LogP contribution in [0.2, 0.25) is 0 Å². The fraction of sp³-hybridized carbons (Fsp3) is 0.286. The molecule has 0 bridgehead atoms. The minimum Gasteiger partial charge on any atom is -0.332 e. The van der Waals surface area contributed by atoms with Gasteiger partial charge in [0.2, 0.25) is 5.91 Å². The van der Waals surface area contributed by atoms with Gasteiger partial charge in [-0.15, -0.1) is 0 Å². The van der Waals surface area contributed by atoms with Gasteiger partial charge in [-0.05, 0) is 67.4 Å². The second kappa shape index (κ2) is 9.28. The van der Waals surface area contributed by atoms with Crippen molar-refractivity contribution in [2.24, 2.45) is 5.92 Å². The summed E-state index contributed by atoms with van der Waals surface area (Å²) in [4.78, 5) is 24.6. The molecule has 0 aromatic heterocycles. The highest BCUT2D eigenvalue weighted by Crippen LogP contribution is 2.19. The number of rotatable bonds is 5. The average molecular weight is 384 g/mol. The molecule has 0 atom stereocenters. The molecule has 2 aromatic rings. The summed E-state index contributed by atoms with van der Waals surface area (Å²) < 4.78 is 0. The zero-order valence-electron chi connectivity index (χ0n) is 16.1. The van der Waals surface area contributed by atoms with Crippen LogP contribution in [0.15, 0.2) is 42.5 Å². The number of thiocarbonyl (C=S) groups is 1. The number of benzene rings is 2. The van der Waals surface area contributed by atoms with Crippen LogP contribution in [0.25, 0.3) is 0 Å². The topological polar surface area (TPSA) is 70.2 Å². The number of carbonyl (C=O) groups excluding carboxylic acids is 2. The van der Waals surface area contributed by atoms with E-state index in [1.54, 1.807) is 24.3 Å². The average Bonchev–Trinajstić information content (AvgIpc) is 2.57. The number of carbonyl (C=O) groups is 2. The number of hydrogen-bond donors (Lipinski definition) is 3. The van der Waals surface area contributed by atoms with Crippen molar-refractivity contribution < 1.29 is 9.59 Å². The van der Waals surface area contributed by atoms with Crippen molar-refractivity contribution in [3.8, 4) is 0 Å². The smallest absolute Gasteiger partial charge is 0.257 e. The maximum atomic E-state index is 12.7. The van der Waals surface area contributed by atoms with Crippen molar-refractivity contribution in [1.82, 2.24) is 5.32 Å². The molecule has 0 fully saturated rings. The third-order valence-electron chi connectivity index (χ3n) is 4.03. The molecular formula is C21H25N3O2S. The van der Waals surface area contributed by atoms with Crippen molar-refractivity contribution >= 4 is 40.5 Å². The first-order valence-electron chi connectivity index (χ1n) is 8.84. The van der Waals surface area contributed by atoms with E-state index in [4.69, 9.17) is 12.2 Å². The molecule has 0 spiro atoms. The Morgan fingerprint density at radius 3 is 2.37 bits per heavy atom. The van der Waals surface area contributed by atoms with Gasteiger partial charge in [0.1, 0.15) is 0 Å². The Kier molecular flexibility index (Phi) is 7.07. The van der Waals surface area contributed by atoms with Gasteiger partial charge < -0.3 is 16.0 Å². The lowest BCUT2D eigenvalue weighted by Crippen LogP contribution is -2.35. The van der Waals surface area contributed by atoms with Crippen LogP contribution in [0.5, 0.6) is 0 Å². The molecule has 2 aromatic carbocycles. The number of hydrogen-bond acceptors (Lipinski definition) is 3. The van der Waals surface area contributed by atoms with Gasteiger partial charge in [0, 0.05) is 12.1 Å². The molecule has 0 radical (unpaired) electrons. The monoisotopic (exact) mass is 383 g/mol. The Morgan fingerprint density at radius 2 is 1.70 bits per heavy atom. The van der Waals surface area contributed by atoms with E-state index in [0.717, 1.165) is 16.8 Å². The Hall–Kier alpha value is -2.73. The normalized spacial score (nSPS) is 10.4. The molecule has 142 valence electrons. The molecule has 2 rings (SSSR count). The molecule has 3 N–H and O–H groups in total. The zero-order chi connectivity index (χ0) is 20.0. The third kappa shape index (κ3) is 6.18. The van der Waals surface area contributed by atoms with Gasteiger partial charge in [0.25, 0.3) is 5.91 Å². The predicted octanol–water partition coefficient (Wildman–Crippen LogP) is 4.41. The molecule has 0 saturated heterocycles. The maximum Gasteiger partial charge on any atom is 0.257 e. The van der Waals surface area contributed by atoms with Crippen molar-refractivity contribution in [1.29, 1.82) is 0 Å². The van der Waals surface area contributed by atoms with E-state index in [1.807, 2.05) is 45.9 Å². The Balaban J connectivity index is 2.10. The van der Waals surface area contributed by atoms with Gasteiger partial charge in [0.15, 0.2) is 5.11 Å². The van der Waals surface area contributed by atoms with Gasteiger partial charge >= 0.3 is 0 Å². The van der Waals surface area contributed by atoms with Crippen molar-refractivity contribution in [2.75, 3.05) is 10.6 Å². The number of anilines is 2. The van der Waals surface area contributed by atoms with E-state index >= 15 is 0 Å². The molecule has 0 aliphatic heterocycles. The summed E-state index contributed by atoms with van der Waals surface area (Å²) in [6, 6.07) is 12.8. The standard InChI is InChI=1S/C21H25N3O2S/c1-13(2)11-19(25)24-21(27)23-18-8-6-5-7-17(18)20(26)22-16-10-9-14(3)15(4)12-16/h5-10,12-13H,11H2,1-4H3,(H,22,26)(H2,23,24,25,27). The van der Waals surface area contributed by atoms with Gasteiger partial charge in [-0.3, -0.25) is 9.59 Å². The molecule has 5 nitrogen and oxygen atoms in total. The Labute approximate surface area is 165 Å². The van der Waals surface area contributed by atoms with Gasteiger partial charge in [-0.25, -0.2) is 0 Å². The van der Waals surface area contributed by atoms with E-state index < -0.39 is 0 Å². The van der Waals surface area contributed by atoms with E-state index in [2.05, 4.69) is 16.0 Å². The van der Waals surface area contributed by atoms with E-state index in [9.17, 15) is 9.59 Å². The fourth-order valence-electron chi connectivity index (χ4n) is 2.51. The largest absolute Gasteiger partial charge is 0.332 e. The fourth-order valence-corrected chi connectivity index (χ4v) is 2.73. The van der Waals surface area contributed by atoms with Crippen LogP contribution >= 0.6 is 12.2 Å². The summed E-state index contributed by atoms with van der Waals surface area (Å²) >= 11 is 5.20. The SMILES string of the molecule is Cc1ccc(NC(=O)c2ccccc2NC(=S)NC(=O)CC(C)C)cc1C. The first-order chi connectivity index (χ1) is 12.8. The summed E-state index contributed by atoms with van der Waals surface area (Å²) in [6.45, 7) is 7.94. The van der Waals surface area contributed by atoms with Crippen LogP contribution in [0, 0.1) is 19.8 Å². The molecule has 0 unspecified atom stereocenters. The Morgan fingerprint density at radius 1 is 1.00 bits per heavy atom. The van der Waals surface area contributed by atoms with Crippen molar-refractivity contribution in [3.05, 3.63) is 59.2 Å². The lowest BCUT2D eigenvalue weighted by atomic mass is 10.1. The molecule has 2 amide bonds. The van der Waals surface area contributed by atoms with Crippen LogP contribution in [-0.2, 0) is 4.79 Å². The van der Waals surface area contributed by atoms with Gasteiger partial charge in [-0.2, -0.15) is 0 Å². The molecule has 0 saturated carbocycles. The molecule has 0 aliphatic rings. The molecule has 6 heteroatoms. The minimum absolute atomic E-state index is 0.153. The molecule has 27 heavy (non-hydrogen) atoms. The van der Waals surface area contributed by atoms with Crippen LogP contribution < -0.4 is 16.0 Å². The Bertz CT molecular complexity index is 862. The highest BCUT2D eigenvalue weighted by Gasteiger charge is 2.14. The number of para-hydroxylation sites is 1. The summed E-state index contributed by atoms with van der Waals surface area (Å²) in [5.74, 6) is -0.166. The second-order valence-corrected chi connectivity index (χ2v) is 7.31. The lowest BCUT2D eigenvalue weighted by Gasteiger charge is -2.14. The van der Waals surface area contributed by atoms with Crippen molar-refractivity contribution in [2.45, 2.75) is 34.1 Å². The highest BCUT2D eigenvalue weighted by atomic mass is 32.1. The summed E-state index contributed by atoms with van der Waals surface area (Å²) in [6.07, 6.45) is 0.386. The van der Waals surface area contributed by atoms with Crippen LogP contribution in [0.4, 0.5) is 11.4 Å². The molecule has 0 heterocycles. The quantitative estimate of drug-likeness (QED) is 0.669. The van der Waals surface area contributed by atoms with Crippen LogP contribution in [-0.4, -0.2) is 16.9 Å². The van der Waals surface area contributed by atoms with Gasteiger partial charge in [-0.1, -0.05) is 32.0 Å². The van der Waals surface area contributed by atoms with E-state index in [0.29, 0.717) is 17.7 Å². The van der Waals surface area contributed by atoms with Gasteiger partial charge in [0.05, 0.1) is 11.3 Å². The van der Waals surface area contributed by atoms with Crippen LogP contribution in [0.1, 0.15) is 41.8 Å². The number of aryl methyl sites for hydroxylation is 2. The predicted molar refractivity (Wildman–Crippen MR) is 114 cm³/mol. The summed E-state index contributed by atoms with van der Waals surface area (Å²) in [5.41, 5.74) is 3.97. The summed E-state index contributed by atoms with van der Waals surface area (Å²) in [7, 11) is 0. The van der Waals surface area contributed by atoms with Crippen molar-refractivity contribution in [3.63, 3.8) is 0 Å².